The Morgan fingerprint density at radius 2 is 2.24 bits per heavy atom. The largest absolute Gasteiger partial charge is 0.507 e. The van der Waals surface area contributed by atoms with Crippen LogP contribution in [-0.4, -0.2) is 27.2 Å². The van der Waals surface area contributed by atoms with Crippen molar-refractivity contribution in [3.8, 4) is 5.75 Å². The van der Waals surface area contributed by atoms with E-state index in [4.69, 9.17) is 4.74 Å². The number of benzene rings is 1. The Bertz CT molecular complexity index is 494. The van der Waals surface area contributed by atoms with Gasteiger partial charge >= 0.3 is 5.97 Å². The van der Waals surface area contributed by atoms with Crippen LogP contribution in [0, 0.1) is 0 Å². The number of carbonyl (C=O) groups excluding carboxylic acids is 1. The lowest BCUT2D eigenvalue weighted by atomic mass is 10.2. The quantitative estimate of drug-likeness (QED) is 0.810. The zero-order valence-electron chi connectivity index (χ0n) is 9.11. The van der Waals surface area contributed by atoms with Crippen LogP contribution in [0.1, 0.15) is 10.4 Å². The Morgan fingerprint density at radius 1 is 1.41 bits per heavy atom. The van der Waals surface area contributed by atoms with Gasteiger partial charge in [0.25, 0.3) is 0 Å². The van der Waals surface area contributed by atoms with Crippen molar-refractivity contribution in [3.05, 3.63) is 48.5 Å². The summed E-state index contributed by atoms with van der Waals surface area (Å²) in [5.41, 5.74) is 0.179. The number of phenols is 1. The summed E-state index contributed by atoms with van der Waals surface area (Å²) in [6, 6.07) is 6.30. The lowest BCUT2D eigenvalue weighted by Crippen LogP contribution is -2.10. The Balaban J connectivity index is 1.88. The molecule has 5 heteroatoms. The third-order valence-corrected chi connectivity index (χ3v) is 2.27. The van der Waals surface area contributed by atoms with Crippen molar-refractivity contribution in [2.45, 2.75) is 6.54 Å². The molecule has 88 valence electrons. The summed E-state index contributed by atoms with van der Waals surface area (Å²) in [6.45, 7) is 0.781. The van der Waals surface area contributed by atoms with Crippen molar-refractivity contribution >= 4 is 5.97 Å². The molecule has 1 N–H and O–H groups in total. The van der Waals surface area contributed by atoms with E-state index in [1.165, 1.54) is 12.1 Å². The maximum atomic E-state index is 11.6. The SMILES string of the molecule is O=C(OCCn1ccnc1)c1ccccc1O. The van der Waals surface area contributed by atoms with E-state index in [9.17, 15) is 9.90 Å². The molecule has 1 aromatic heterocycles. The smallest absolute Gasteiger partial charge is 0.341 e. The monoisotopic (exact) mass is 232 g/mol. The summed E-state index contributed by atoms with van der Waals surface area (Å²) in [7, 11) is 0. The molecule has 2 aromatic rings. The first-order chi connectivity index (χ1) is 8.27. The van der Waals surface area contributed by atoms with Crippen LogP contribution in [0.3, 0.4) is 0 Å². The van der Waals surface area contributed by atoms with Gasteiger partial charge in [-0.15, -0.1) is 0 Å². The van der Waals surface area contributed by atoms with E-state index in [1.54, 1.807) is 35.4 Å². The zero-order chi connectivity index (χ0) is 12.1. The Labute approximate surface area is 98.3 Å². The highest BCUT2D eigenvalue weighted by molar-refractivity contribution is 5.92. The highest BCUT2D eigenvalue weighted by Gasteiger charge is 2.10. The zero-order valence-corrected chi connectivity index (χ0v) is 9.11. The fourth-order valence-corrected chi connectivity index (χ4v) is 1.39. The summed E-state index contributed by atoms with van der Waals surface area (Å²) < 4.78 is 6.84. The standard InChI is InChI=1S/C12H12N2O3/c15-11-4-2-1-3-10(11)12(16)17-8-7-14-6-5-13-9-14/h1-6,9,15H,7-8H2. The van der Waals surface area contributed by atoms with E-state index in [1.807, 2.05) is 0 Å². The first-order valence-corrected chi connectivity index (χ1v) is 5.18. The molecule has 0 radical (unpaired) electrons. The molecule has 0 fully saturated rings. The molecule has 5 nitrogen and oxygen atoms in total. The van der Waals surface area contributed by atoms with Crippen molar-refractivity contribution in [2.24, 2.45) is 0 Å². The first-order valence-electron chi connectivity index (χ1n) is 5.18. The molecule has 0 spiro atoms. The van der Waals surface area contributed by atoms with Crippen LogP contribution in [0.2, 0.25) is 0 Å². The number of aromatic hydroxyl groups is 1. The third-order valence-electron chi connectivity index (χ3n) is 2.27. The molecule has 0 unspecified atom stereocenters. The van der Waals surface area contributed by atoms with Crippen molar-refractivity contribution in [2.75, 3.05) is 6.61 Å². The molecule has 0 saturated heterocycles. The average Bonchev–Trinajstić information content (AvgIpc) is 2.82. The van der Waals surface area contributed by atoms with E-state index in [-0.39, 0.29) is 17.9 Å². The van der Waals surface area contributed by atoms with Gasteiger partial charge in [0.05, 0.1) is 12.9 Å². The Morgan fingerprint density at radius 3 is 2.94 bits per heavy atom. The van der Waals surface area contributed by atoms with Gasteiger partial charge in [-0.05, 0) is 12.1 Å². The number of esters is 1. The van der Waals surface area contributed by atoms with Crippen LogP contribution in [0.4, 0.5) is 0 Å². The fourth-order valence-electron chi connectivity index (χ4n) is 1.39. The van der Waals surface area contributed by atoms with Crippen LogP contribution >= 0.6 is 0 Å². The van der Waals surface area contributed by atoms with Gasteiger partial charge in [0.2, 0.25) is 0 Å². The topological polar surface area (TPSA) is 64.4 Å². The number of hydrogen-bond acceptors (Lipinski definition) is 4. The van der Waals surface area contributed by atoms with Gasteiger partial charge in [-0.1, -0.05) is 12.1 Å². The number of para-hydroxylation sites is 1. The third kappa shape index (κ3) is 2.84. The number of phenolic OH excluding ortho intramolecular Hbond substituents is 1. The van der Waals surface area contributed by atoms with E-state index < -0.39 is 5.97 Å². The molecule has 0 saturated carbocycles. The number of aromatic nitrogens is 2. The van der Waals surface area contributed by atoms with Gasteiger partial charge in [0.15, 0.2) is 0 Å². The van der Waals surface area contributed by atoms with Crippen molar-refractivity contribution in [1.82, 2.24) is 9.55 Å². The minimum absolute atomic E-state index is 0.0693. The summed E-state index contributed by atoms with van der Waals surface area (Å²) in [5.74, 6) is -0.594. The van der Waals surface area contributed by atoms with Gasteiger partial charge in [-0.2, -0.15) is 0 Å². The van der Waals surface area contributed by atoms with Crippen LogP contribution in [0.5, 0.6) is 5.75 Å². The van der Waals surface area contributed by atoms with E-state index in [2.05, 4.69) is 4.98 Å². The number of imidazole rings is 1. The molecule has 1 heterocycles. The lowest BCUT2D eigenvalue weighted by Gasteiger charge is -2.06. The van der Waals surface area contributed by atoms with E-state index >= 15 is 0 Å². The highest BCUT2D eigenvalue weighted by atomic mass is 16.5. The molecule has 0 aliphatic heterocycles. The van der Waals surface area contributed by atoms with Crippen LogP contribution in [-0.2, 0) is 11.3 Å². The Hall–Kier alpha value is -2.30. The second-order valence-electron chi connectivity index (χ2n) is 3.45. The number of carbonyl (C=O) groups is 1. The Kier molecular flexibility index (Phi) is 3.40. The van der Waals surface area contributed by atoms with E-state index in [0.717, 1.165) is 0 Å². The van der Waals surface area contributed by atoms with Crippen LogP contribution < -0.4 is 0 Å². The summed E-state index contributed by atoms with van der Waals surface area (Å²) in [6.07, 6.45) is 5.09. The molecular weight excluding hydrogens is 220 g/mol. The molecule has 0 atom stereocenters. The minimum atomic E-state index is -0.525. The highest BCUT2D eigenvalue weighted by Crippen LogP contribution is 2.16. The number of hydrogen-bond donors (Lipinski definition) is 1. The predicted molar refractivity (Wildman–Crippen MR) is 60.6 cm³/mol. The number of nitrogens with zero attached hydrogens (tertiary/aromatic N) is 2. The molecule has 1 aromatic carbocycles. The second kappa shape index (κ2) is 5.16. The predicted octanol–water partition coefficient (Wildman–Crippen LogP) is 1.45. The molecule has 0 aliphatic carbocycles. The molecule has 0 bridgehead atoms. The van der Waals surface area contributed by atoms with Crippen molar-refractivity contribution < 1.29 is 14.6 Å². The molecule has 0 aliphatic rings. The summed E-state index contributed by atoms with van der Waals surface area (Å²) in [4.78, 5) is 15.5. The van der Waals surface area contributed by atoms with Crippen molar-refractivity contribution in [3.63, 3.8) is 0 Å². The fraction of sp³-hybridized carbons (Fsp3) is 0.167. The van der Waals surface area contributed by atoms with Crippen LogP contribution in [0.15, 0.2) is 43.0 Å². The summed E-state index contributed by atoms with van der Waals surface area (Å²) >= 11 is 0. The van der Waals surface area contributed by atoms with Gasteiger partial charge < -0.3 is 14.4 Å². The molecule has 2 rings (SSSR count). The molecule has 17 heavy (non-hydrogen) atoms. The van der Waals surface area contributed by atoms with E-state index in [0.29, 0.717) is 6.54 Å². The van der Waals surface area contributed by atoms with Gasteiger partial charge in [0.1, 0.15) is 17.9 Å². The van der Waals surface area contributed by atoms with Gasteiger partial charge in [-0.3, -0.25) is 0 Å². The number of ether oxygens (including phenoxy) is 1. The van der Waals surface area contributed by atoms with Gasteiger partial charge in [-0.25, -0.2) is 9.78 Å². The number of rotatable bonds is 4. The first kappa shape index (κ1) is 11.2. The second-order valence-corrected chi connectivity index (χ2v) is 3.45. The molecule has 0 amide bonds. The molecular formula is C12H12N2O3. The maximum Gasteiger partial charge on any atom is 0.341 e. The maximum absolute atomic E-state index is 11.6. The van der Waals surface area contributed by atoms with Crippen molar-refractivity contribution in [1.29, 1.82) is 0 Å². The summed E-state index contributed by atoms with van der Waals surface area (Å²) in [5, 5.41) is 9.45. The average molecular weight is 232 g/mol. The van der Waals surface area contributed by atoms with Crippen LogP contribution in [0.25, 0.3) is 0 Å². The van der Waals surface area contributed by atoms with Gasteiger partial charge in [0, 0.05) is 12.4 Å². The normalized spacial score (nSPS) is 10.1. The minimum Gasteiger partial charge on any atom is -0.507 e. The lowest BCUT2D eigenvalue weighted by molar-refractivity contribution is 0.0488.